The number of ketones is 1. The number of hydrogen-bond acceptors (Lipinski definition) is 6. The predicted molar refractivity (Wildman–Crippen MR) is 139 cm³/mol. The molecule has 9 heteroatoms. The molecular weight excluding hydrogens is 488 g/mol. The first kappa shape index (κ1) is 24.8. The maximum atomic E-state index is 14.0. The van der Waals surface area contributed by atoms with Gasteiger partial charge in [-0.1, -0.05) is 44.2 Å². The van der Waals surface area contributed by atoms with E-state index in [1.165, 1.54) is 17.2 Å². The van der Waals surface area contributed by atoms with Gasteiger partial charge < -0.3 is 4.90 Å². The second kappa shape index (κ2) is 9.89. The molecule has 0 bridgehead atoms. The number of aromatic nitrogens is 2. The lowest BCUT2D eigenvalue weighted by Gasteiger charge is -2.29. The zero-order valence-electron chi connectivity index (χ0n) is 20.7. The van der Waals surface area contributed by atoms with Crippen LogP contribution in [0, 0.1) is 5.92 Å². The Labute approximate surface area is 216 Å². The van der Waals surface area contributed by atoms with Crippen molar-refractivity contribution in [2.24, 2.45) is 5.92 Å². The smallest absolute Gasteiger partial charge is 0.282 e. The summed E-state index contributed by atoms with van der Waals surface area (Å²) in [7, 11) is -4.01. The van der Waals surface area contributed by atoms with Gasteiger partial charge in [-0.05, 0) is 54.3 Å². The third-order valence-electron chi connectivity index (χ3n) is 6.71. The number of hydrogen-bond donors (Lipinski definition) is 0. The Bertz CT molecular complexity index is 1460. The maximum Gasteiger partial charge on any atom is 0.282 e. The summed E-state index contributed by atoms with van der Waals surface area (Å²) in [4.78, 5) is 37.0. The van der Waals surface area contributed by atoms with Gasteiger partial charge in [0.1, 0.15) is 6.04 Å². The molecule has 0 radical (unpaired) electrons. The molecule has 2 atom stereocenters. The van der Waals surface area contributed by atoms with Crippen molar-refractivity contribution in [3.8, 4) is 11.3 Å². The Kier molecular flexibility index (Phi) is 6.64. The fourth-order valence-electron chi connectivity index (χ4n) is 5.02. The number of Topliss-reactive ketones (excluding diaryl/α,β-unsaturated/α-hetero) is 1. The summed E-state index contributed by atoms with van der Waals surface area (Å²) in [5, 5.41) is -0.127. The summed E-state index contributed by atoms with van der Waals surface area (Å²) in [6.07, 6.45) is 5.39. The molecule has 2 aliphatic rings. The van der Waals surface area contributed by atoms with Crippen LogP contribution in [0.3, 0.4) is 0 Å². The Hall–Kier alpha value is -3.85. The zero-order chi connectivity index (χ0) is 26.2. The molecule has 3 aromatic rings. The van der Waals surface area contributed by atoms with Crippen molar-refractivity contribution in [3.63, 3.8) is 0 Å². The van der Waals surface area contributed by atoms with Gasteiger partial charge in [0.15, 0.2) is 10.8 Å². The lowest BCUT2D eigenvalue weighted by Crippen LogP contribution is -2.43. The molecule has 0 spiro atoms. The van der Waals surface area contributed by atoms with Crippen LogP contribution in [0.2, 0.25) is 0 Å². The minimum atomic E-state index is -4.01. The van der Waals surface area contributed by atoms with E-state index in [9.17, 15) is 18.0 Å². The minimum Gasteiger partial charge on any atom is -0.323 e. The molecule has 0 aliphatic carbocycles. The van der Waals surface area contributed by atoms with Crippen molar-refractivity contribution in [2.75, 3.05) is 13.1 Å². The summed E-state index contributed by atoms with van der Waals surface area (Å²) in [5.41, 5.74) is 2.89. The van der Waals surface area contributed by atoms with Gasteiger partial charge in [0.05, 0.1) is 23.9 Å². The summed E-state index contributed by atoms with van der Waals surface area (Å²) < 4.78 is 27.6. The topological polar surface area (TPSA) is 101 Å². The zero-order valence-corrected chi connectivity index (χ0v) is 21.5. The lowest BCUT2D eigenvalue weighted by molar-refractivity contribution is -0.137. The van der Waals surface area contributed by atoms with Crippen LogP contribution < -0.4 is 0 Å². The normalized spacial score (nSPS) is 18.2. The standard InChI is InChI=1S/C28H28N4O4S/c1-19(2)16-22(20-8-7-9-21(17-20)23-10-3-5-13-29-23)28(34)31-15-12-24-27(31)25(33)18-32(24)37(35,36)26-11-4-6-14-30-26/h3-14,17,19,22,27H,15-16,18H2,1-2H3. The first-order valence-electron chi connectivity index (χ1n) is 12.3. The van der Waals surface area contributed by atoms with Crippen LogP contribution in [0.4, 0.5) is 0 Å². The Balaban J connectivity index is 1.44. The third kappa shape index (κ3) is 4.67. The molecule has 190 valence electrons. The van der Waals surface area contributed by atoms with Crippen LogP contribution in [0.25, 0.3) is 11.3 Å². The lowest BCUT2D eigenvalue weighted by atomic mass is 9.87. The summed E-state index contributed by atoms with van der Waals surface area (Å²) in [6, 6.07) is 17.2. The number of carbonyl (C=O) groups excluding carboxylic acids is 2. The van der Waals surface area contributed by atoms with Crippen LogP contribution in [0.5, 0.6) is 0 Å². The van der Waals surface area contributed by atoms with Crippen LogP contribution in [0.1, 0.15) is 31.7 Å². The van der Waals surface area contributed by atoms with E-state index < -0.39 is 22.0 Å². The average Bonchev–Trinajstić information content (AvgIpc) is 3.49. The number of nitrogens with zero attached hydrogens (tertiary/aromatic N) is 4. The van der Waals surface area contributed by atoms with Crippen molar-refractivity contribution < 1.29 is 18.0 Å². The fraction of sp³-hybridized carbons (Fsp3) is 0.286. The van der Waals surface area contributed by atoms with Crippen LogP contribution in [-0.4, -0.2) is 58.4 Å². The number of carbonyl (C=O) groups is 2. The Morgan fingerprint density at radius 1 is 1.03 bits per heavy atom. The van der Waals surface area contributed by atoms with Gasteiger partial charge >= 0.3 is 0 Å². The molecule has 0 N–H and O–H groups in total. The largest absolute Gasteiger partial charge is 0.323 e. The highest BCUT2D eigenvalue weighted by molar-refractivity contribution is 7.89. The van der Waals surface area contributed by atoms with Crippen LogP contribution >= 0.6 is 0 Å². The van der Waals surface area contributed by atoms with Crippen molar-refractivity contribution in [3.05, 3.63) is 90.4 Å². The molecule has 37 heavy (non-hydrogen) atoms. The predicted octanol–water partition coefficient (Wildman–Crippen LogP) is 3.64. The second-order valence-corrected chi connectivity index (χ2v) is 11.5. The highest BCUT2D eigenvalue weighted by atomic mass is 32.2. The molecule has 1 aromatic carbocycles. The molecule has 5 rings (SSSR count). The van der Waals surface area contributed by atoms with Gasteiger partial charge in [0.25, 0.3) is 10.0 Å². The third-order valence-corrected chi connectivity index (χ3v) is 8.40. The number of amides is 1. The van der Waals surface area contributed by atoms with E-state index in [-0.39, 0.29) is 35.7 Å². The summed E-state index contributed by atoms with van der Waals surface area (Å²) in [6.45, 7) is 3.97. The van der Waals surface area contributed by atoms with Crippen molar-refractivity contribution in [1.82, 2.24) is 19.2 Å². The molecule has 1 amide bonds. The average molecular weight is 517 g/mol. The molecule has 8 nitrogen and oxygen atoms in total. The number of fused-ring (bicyclic) bond motifs is 1. The van der Waals surface area contributed by atoms with Crippen molar-refractivity contribution >= 4 is 21.7 Å². The highest BCUT2D eigenvalue weighted by Crippen LogP contribution is 2.37. The van der Waals surface area contributed by atoms with E-state index in [1.807, 2.05) is 42.5 Å². The van der Waals surface area contributed by atoms with Gasteiger partial charge in [0.2, 0.25) is 5.91 Å². The number of benzene rings is 1. The van der Waals surface area contributed by atoms with Gasteiger partial charge in [-0.2, -0.15) is 8.42 Å². The second-order valence-electron chi connectivity index (χ2n) is 9.69. The molecule has 2 aliphatic heterocycles. The van der Waals surface area contributed by atoms with Gasteiger partial charge in [0, 0.05) is 24.5 Å². The van der Waals surface area contributed by atoms with Crippen LogP contribution in [-0.2, 0) is 19.6 Å². The molecule has 2 aromatic heterocycles. The van der Waals surface area contributed by atoms with Gasteiger partial charge in [-0.25, -0.2) is 4.98 Å². The number of pyridine rings is 2. The Morgan fingerprint density at radius 3 is 2.46 bits per heavy atom. The van der Waals surface area contributed by atoms with E-state index in [0.29, 0.717) is 12.1 Å². The number of sulfonamides is 1. The van der Waals surface area contributed by atoms with Crippen molar-refractivity contribution in [1.29, 1.82) is 0 Å². The SMILES string of the molecule is CC(C)CC(C(=O)N1CC=C2C1C(=O)CN2S(=O)(=O)c1ccccn1)c1cccc(-c2ccccn2)c1. The quantitative estimate of drug-likeness (QED) is 0.475. The Morgan fingerprint density at radius 2 is 1.78 bits per heavy atom. The van der Waals surface area contributed by atoms with E-state index in [0.717, 1.165) is 21.1 Å². The first-order chi connectivity index (χ1) is 17.8. The monoisotopic (exact) mass is 516 g/mol. The molecule has 1 saturated heterocycles. The molecule has 4 heterocycles. The summed E-state index contributed by atoms with van der Waals surface area (Å²) >= 11 is 0. The van der Waals surface area contributed by atoms with E-state index in [2.05, 4.69) is 23.8 Å². The summed E-state index contributed by atoms with van der Waals surface area (Å²) in [5.74, 6) is -0.760. The van der Waals surface area contributed by atoms with E-state index in [1.54, 1.807) is 24.4 Å². The molecule has 1 fully saturated rings. The highest BCUT2D eigenvalue weighted by Gasteiger charge is 2.50. The molecule has 0 saturated carbocycles. The van der Waals surface area contributed by atoms with Gasteiger partial charge in [-0.3, -0.25) is 18.9 Å². The minimum absolute atomic E-state index is 0.127. The fourth-order valence-corrected chi connectivity index (χ4v) is 6.44. The van der Waals surface area contributed by atoms with E-state index in [4.69, 9.17) is 0 Å². The van der Waals surface area contributed by atoms with Gasteiger partial charge in [-0.15, -0.1) is 0 Å². The molecular formula is C28H28N4O4S. The van der Waals surface area contributed by atoms with E-state index >= 15 is 0 Å². The maximum absolute atomic E-state index is 14.0. The first-order valence-corrected chi connectivity index (χ1v) is 13.7. The van der Waals surface area contributed by atoms with Crippen LogP contribution in [0.15, 0.2) is 89.9 Å². The van der Waals surface area contributed by atoms with Crippen molar-refractivity contribution in [2.45, 2.75) is 37.3 Å². The molecule has 2 unspecified atom stereocenters. The number of rotatable bonds is 7.